The van der Waals surface area contributed by atoms with Gasteiger partial charge in [0.25, 0.3) is 0 Å². The number of benzene rings is 1. The van der Waals surface area contributed by atoms with Gasteiger partial charge in [0.1, 0.15) is 6.10 Å². The van der Waals surface area contributed by atoms with Crippen LogP contribution in [0, 0.1) is 5.92 Å². The van der Waals surface area contributed by atoms with Gasteiger partial charge in [-0.15, -0.1) is 6.58 Å². The highest BCUT2D eigenvalue weighted by Gasteiger charge is 2.30. The van der Waals surface area contributed by atoms with Crippen molar-refractivity contribution in [2.45, 2.75) is 70.8 Å². The average molecular weight is 360 g/mol. The summed E-state index contributed by atoms with van der Waals surface area (Å²) in [5.41, 5.74) is 1.12. The van der Waals surface area contributed by atoms with E-state index >= 15 is 0 Å². The molecular formula is C22H32O4. The molecule has 144 valence electrons. The van der Waals surface area contributed by atoms with Crippen LogP contribution in [0.25, 0.3) is 0 Å². The van der Waals surface area contributed by atoms with Crippen LogP contribution in [0.4, 0.5) is 0 Å². The predicted molar refractivity (Wildman–Crippen MR) is 104 cm³/mol. The maximum absolute atomic E-state index is 11.7. The Balaban J connectivity index is 2.53. The number of ether oxygens (including phenoxy) is 1. The highest BCUT2D eigenvalue weighted by molar-refractivity contribution is 5.72. The quantitative estimate of drug-likeness (QED) is 0.282. The molecule has 1 N–H and O–H groups in total. The van der Waals surface area contributed by atoms with Crippen LogP contribution in [0.2, 0.25) is 0 Å². The lowest BCUT2D eigenvalue weighted by atomic mass is 9.91. The van der Waals surface area contributed by atoms with E-state index in [1.54, 1.807) is 0 Å². The van der Waals surface area contributed by atoms with Crippen molar-refractivity contribution in [3.63, 3.8) is 0 Å². The zero-order chi connectivity index (χ0) is 19.2. The number of carboxylic acid groups (broad SMARTS) is 1. The predicted octanol–water partition coefficient (Wildman–Crippen LogP) is 5.17. The molecule has 1 aromatic rings. The molecule has 1 rings (SSSR count). The molecule has 0 fully saturated rings. The molecule has 0 bridgehead atoms. The molecule has 26 heavy (non-hydrogen) atoms. The van der Waals surface area contributed by atoms with E-state index in [0.29, 0.717) is 19.3 Å². The number of hydrogen-bond acceptors (Lipinski definition) is 3. The Hall–Kier alpha value is -2.10. The van der Waals surface area contributed by atoms with E-state index < -0.39 is 24.0 Å². The summed E-state index contributed by atoms with van der Waals surface area (Å²) in [5, 5.41) is 9.62. The third-order valence-electron chi connectivity index (χ3n) is 4.57. The Kier molecular flexibility index (Phi) is 11.1. The zero-order valence-electron chi connectivity index (χ0n) is 15.9. The van der Waals surface area contributed by atoms with Crippen LogP contribution in [-0.4, -0.2) is 23.1 Å². The standard InChI is InChI=1S/C22H32O4/c1-3-4-5-6-7-8-12-15-20(22(24)25)21(26-18(2)23)17-16-19-13-10-9-11-14-19/h3,9-11,13-14,20-21H,1,4-8,12,15-17H2,2H3,(H,24,25). The van der Waals surface area contributed by atoms with Crippen LogP contribution in [-0.2, 0) is 20.7 Å². The van der Waals surface area contributed by atoms with Crippen molar-refractivity contribution in [2.75, 3.05) is 0 Å². The van der Waals surface area contributed by atoms with Gasteiger partial charge in [0.15, 0.2) is 0 Å². The minimum atomic E-state index is -0.879. The maximum Gasteiger partial charge on any atom is 0.310 e. The van der Waals surface area contributed by atoms with Gasteiger partial charge in [0.05, 0.1) is 5.92 Å². The van der Waals surface area contributed by atoms with Crippen molar-refractivity contribution in [1.82, 2.24) is 0 Å². The summed E-state index contributed by atoms with van der Waals surface area (Å²) in [6, 6.07) is 9.87. The number of carboxylic acids is 1. The van der Waals surface area contributed by atoms with Crippen molar-refractivity contribution >= 4 is 11.9 Å². The molecule has 2 unspecified atom stereocenters. The smallest absolute Gasteiger partial charge is 0.310 e. The summed E-state index contributed by atoms with van der Waals surface area (Å²) < 4.78 is 5.37. The summed E-state index contributed by atoms with van der Waals surface area (Å²) in [7, 11) is 0. The normalized spacial score (nSPS) is 13.0. The number of aliphatic carboxylic acids is 1. The maximum atomic E-state index is 11.7. The van der Waals surface area contributed by atoms with Gasteiger partial charge in [0, 0.05) is 6.92 Å². The molecule has 0 radical (unpaired) electrons. The first-order valence-electron chi connectivity index (χ1n) is 9.59. The van der Waals surface area contributed by atoms with Gasteiger partial charge in [-0.3, -0.25) is 9.59 Å². The fourth-order valence-electron chi connectivity index (χ4n) is 3.16. The molecular weight excluding hydrogens is 328 g/mol. The van der Waals surface area contributed by atoms with Gasteiger partial charge in [-0.05, 0) is 37.7 Å². The SMILES string of the molecule is C=CCCCCCCCC(C(=O)O)C(CCc1ccccc1)OC(C)=O. The zero-order valence-corrected chi connectivity index (χ0v) is 15.9. The topological polar surface area (TPSA) is 63.6 Å². The van der Waals surface area contributed by atoms with Crippen molar-refractivity contribution in [3.05, 3.63) is 48.6 Å². The van der Waals surface area contributed by atoms with Crippen LogP contribution >= 0.6 is 0 Å². The van der Waals surface area contributed by atoms with E-state index in [2.05, 4.69) is 6.58 Å². The van der Waals surface area contributed by atoms with Crippen LogP contribution in [0.5, 0.6) is 0 Å². The highest BCUT2D eigenvalue weighted by Crippen LogP contribution is 2.22. The summed E-state index contributed by atoms with van der Waals surface area (Å²) in [4.78, 5) is 23.2. The molecule has 0 aliphatic heterocycles. The van der Waals surface area contributed by atoms with Crippen molar-refractivity contribution in [3.8, 4) is 0 Å². The molecule has 4 heteroatoms. The van der Waals surface area contributed by atoms with Gasteiger partial charge >= 0.3 is 11.9 Å². The lowest BCUT2D eigenvalue weighted by Gasteiger charge is -2.24. The first-order valence-corrected chi connectivity index (χ1v) is 9.59. The highest BCUT2D eigenvalue weighted by atomic mass is 16.5. The fourth-order valence-corrected chi connectivity index (χ4v) is 3.16. The Bertz CT molecular complexity index is 538. The Morgan fingerprint density at radius 1 is 1.08 bits per heavy atom. The second kappa shape index (κ2) is 13.2. The van der Waals surface area contributed by atoms with Crippen molar-refractivity contribution < 1.29 is 19.4 Å². The Labute approximate surface area is 157 Å². The monoisotopic (exact) mass is 360 g/mol. The summed E-state index contributed by atoms with van der Waals surface area (Å²) in [6.45, 7) is 5.05. The van der Waals surface area contributed by atoms with E-state index in [-0.39, 0.29) is 0 Å². The average Bonchev–Trinajstić information content (AvgIpc) is 2.61. The van der Waals surface area contributed by atoms with Crippen LogP contribution in [0.15, 0.2) is 43.0 Å². The molecule has 1 aromatic carbocycles. The molecule has 0 saturated heterocycles. The molecule has 0 saturated carbocycles. The molecule has 0 amide bonds. The van der Waals surface area contributed by atoms with Crippen LogP contribution < -0.4 is 0 Å². The van der Waals surface area contributed by atoms with E-state index in [4.69, 9.17) is 4.74 Å². The number of carbonyl (C=O) groups is 2. The van der Waals surface area contributed by atoms with E-state index in [0.717, 1.165) is 44.1 Å². The number of aryl methyl sites for hydroxylation is 1. The second-order valence-corrected chi connectivity index (χ2v) is 6.75. The fraction of sp³-hybridized carbons (Fsp3) is 0.545. The van der Waals surface area contributed by atoms with Gasteiger partial charge in [0.2, 0.25) is 0 Å². The molecule has 0 heterocycles. The van der Waals surface area contributed by atoms with Gasteiger partial charge < -0.3 is 9.84 Å². The minimum absolute atomic E-state index is 0.418. The van der Waals surface area contributed by atoms with E-state index in [1.165, 1.54) is 6.92 Å². The minimum Gasteiger partial charge on any atom is -0.481 e. The van der Waals surface area contributed by atoms with Crippen LogP contribution in [0.1, 0.15) is 63.9 Å². The number of esters is 1. The lowest BCUT2D eigenvalue weighted by Crippen LogP contribution is -2.32. The van der Waals surface area contributed by atoms with Gasteiger partial charge in [-0.25, -0.2) is 0 Å². The van der Waals surface area contributed by atoms with E-state index in [1.807, 2.05) is 36.4 Å². The van der Waals surface area contributed by atoms with Crippen molar-refractivity contribution in [2.24, 2.45) is 5.92 Å². The second-order valence-electron chi connectivity index (χ2n) is 6.75. The first kappa shape index (κ1) is 21.9. The van der Waals surface area contributed by atoms with Gasteiger partial charge in [-0.1, -0.05) is 62.1 Å². The van der Waals surface area contributed by atoms with Gasteiger partial charge in [-0.2, -0.15) is 0 Å². The molecule has 0 spiro atoms. The number of hydrogen-bond donors (Lipinski definition) is 1. The number of unbranched alkanes of at least 4 members (excludes halogenated alkanes) is 5. The Morgan fingerprint density at radius 2 is 1.73 bits per heavy atom. The third-order valence-corrected chi connectivity index (χ3v) is 4.57. The molecule has 4 nitrogen and oxygen atoms in total. The largest absolute Gasteiger partial charge is 0.481 e. The summed E-state index contributed by atoms with van der Waals surface area (Å²) >= 11 is 0. The third kappa shape index (κ3) is 9.40. The number of allylic oxidation sites excluding steroid dienone is 1. The lowest BCUT2D eigenvalue weighted by molar-refractivity contribution is -0.157. The summed E-state index contributed by atoms with van der Waals surface area (Å²) in [5.74, 6) is -1.94. The molecule has 0 aliphatic carbocycles. The van der Waals surface area contributed by atoms with E-state index in [9.17, 15) is 14.7 Å². The molecule has 0 aliphatic rings. The number of rotatable bonds is 14. The van der Waals surface area contributed by atoms with Crippen LogP contribution in [0.3, 0.4) is 0 Å². The summed E-state index contributed by atoms with van der Waals surface area (Å²) in [6.07, 6.45) is 9.38. The Morgan fingerprint density at radius 3 is 2.35 bits per heavy atom. The molecule has 2 atom stereocenters. The number of carbonyl (C=O) groups excluding carboxylic acids is 1. The molecule has 0 aromatic heterocycles. The van der Waals surface area contributed by atoms with Crippen molar-refractivity contribution in [1.29, 1.82) is 0 Å². The first-order chi connectivity index (χ1) is 12.5.